The molecule has 0 spiro atoms. The van der Waals surface area contributed by atoms with Crippen LogP contribution in [0.25, 0.3) is 0 Å². The van der Waals surface area contributed by atoms with Crippen molar-refractivity contribution in [1.82, 2.24) is 0 Å². The van der Waals surface area contributed by atoms with E-state index in [1.807, 2.05) is 0 Å². The van der Waals surface area contributed by atoms with Crippen molar-refractivity contribution in [3.8, 4) is 0 Å². The van der Waals surface area contributed by atoms with Gasteiger partial charge in [0.1, 0.15) is 0 Å². The van der Waals surface area contributed by atoms with E-state index in [0.717, 1.165) is 0 Å². The lowest BCUT2D eigenvalue weighted by atomic mass is 10.2. The summed E-state index contributed by atoms with van der Waals surface area (Å²) in [7, 11) is 7.85. The molecule has 7 nitrogen and oxygen atoms in total. The van der Waals surface area contributed by atoms with Crippen molar-refractivity contribution in [1.29, 1.82) is 0 Å². The Morgan fingerprint density at radius 2 is 0.812 bits per heavy atom. The number of aliphatic hydroxyl groups excluding tert-OH is 1. The normalized spacial score (nSPS) is 13.5. The largest absolute Gasteiger partial charge is 0.378 e. The third-order valence-electron chi connectivity index (χ3n) is 2.38. The standard InChI is InChI=1S/C9H20O7/c1-11-8(12-2,13-3)7(10)9(14-4,15-5)16-6/h7,10H,1-6H3. The van der Waals surface area contributed by atoms with Gasteiger partial charge in [-0.1, -0.05) is 0 Å². The summed E-state index contributed by atoms with van der Waals surface area (Å²) >= 11 is 0. The Bertz CT molecular complexity index is 152. The van der Waals surface area contributed by atoms with Crippen LogP contribution in [0.1, 0.15) is 0 Å². The zero-order valence-electron chi connectivity index (χ0n) is 10.5. The van der Waals surface area contributed by atoms with Gasteiger partial charge < -0.3 is 33.5 Å². The van der Waals surface area contributed by atoms with Gasteiger partial charge >= 0.3 is 11.9 Å². The number of hydrogen-bond acceptors (Lipinski definition) is 7. The maximum absolute atomic E-state index is 10.1. The summed E-state index contributed by atoms with van der Waals surface area (Å²) in [4.78, 5) is 0. The van der Waals surface area contributed by atoms with E-state index in [2.05, 4.69) is 0 Å². The fraction of sp³-hybridized carbons (Fsp3) is 1.00. The number of rotatable bonds is 8. The molecule has 0 saturated heterocycles. The zero-order valence-corrected chi connectivity index (χ0v) is 10.5. The highest BCUT2D eigenvalue weighted by molar-refractivity contribution is 4.79. The van der Waals surface area contributed by atoms with Crippen LogP contribution in [0.2, 0.25) is 0 Å². The van der Waals surface area contributed by atoms with Crippen LogP contribution in [-0.2, 0) is 28.4 Å². The predicted octanol–water partition coefficient (Wildman–Crippen LogP) is -0.467. The highest BCUT2D eigenvalue weighted by Gasteiger charge is 2.55. The second-order valence-corrected chi connectivity index (χ2v) is 2.83. The van der Waals surface area contributed by atoms with Crippen molar-refractivity contribution >= 4 is 0 Å². The first-order valence-electron chi connectivity index (χ1n) is 4.51. The second-order valence-electron chi connectivity index (χ2n) is 2.83. The van der Waals surface area contributed by atoms with E-state index >= 15 is 0 Å². The Kier molecular flexibility index (Phi) is 6.34. The van der Waals surface area contributed by atoms with Crippen LogP contribution in [0.15, 0.2) is 0 Å². The molecule has 7 heteroatoms. The molecule has 0 radical (unpaired) electrons. The summed E-state index contributed by atoms with van der Waals surface area (Å²) in [6, 6.07) is 0. The zero-order chi connectivity index (χ0) is 12.8. The summed E-state index contributed by atoms with van der Waals surface area (Å²) in [6.45, 7) is 0. The molecule has 0 fully saturated rings. The van der Waals surface area contributed by atoms with Crippen molar-refractivity contribution in [3.05, 3.63) is 0 Å². The highest BCUT2D eigenvalue weighted by atomic mass is 16.9. The molecule has 98 valence electrons. The summed E-state index contributed by atoms with van der Waals surface area (Å²) in [5.41, 5.74) is 0. The molecule has 0 heterocycles. The van der Waals surface area contributed by atoms with Gasteiger partial charge in [0.2, 0.25) is 6.10 Å². The molecule has 0 aliphatic carbocycles. The van der Waals surface area contributed by atoms with Crippen molar-refractivity contribution in [2.24, 2.45) is 0 Å². The van der Waals surface area contributed by atoms with Crippen LogP contribution < -0.4 is 0 Å². The molecule has 16 heavy (non-hydrogen) atoms. The molecular formula is C9H20O7. The Hall–Kier alpha value is -0.280. The molecule has 0 aromatic carbocycles. The summed E-state index contributed by atoms with van der Waals surface area (Å²) < 4.78 is 29.9. The van der Waals surface area contributed by atoms with Gasteiger partial charge in [-0.15, -0.1) is 0 Å². The fourth-order valence-electron chi connectivity index (χ4n) is 1.39. The highest BCUT2D eigenvalue weighted by Crippen LogP contribution is 2.29. The fourth-order valence-corrected chi connectivity index (χ4v) is 1.39. The van der Waals surface area contributed by atoms with E-state index in [1.54, 1.807) is 0 Å². The van der Waals surface area contributed by atoms with Crippen LogP contribution in [0.3, 0.4) is 0 Å². The molecular weight excluding hydrogens is 220 g/mol. The van der Waals surface area contributed by atoms with E-state index in [4.69, 9.17) is 28.4 Å². The van der Waals surface area contributed by atoms with E-state index < -0.39 is 18.1 Å². The molecule has 0 aliphatic rings. The second kappa shape index (κ2) is 6.45. The van der Waals surface area contributed by atoms with Gasteiger partial charge in [-0.3, -0.25) is 0 Å². The molecule has 0 aliphatic heterocycles. The first-order chi connectivity index (χ1) is 7.52. The van der Waals surface area contributed by atoms with Crippen molar-refractivity contribution in [2.45, 2.75) is 18.1 Å². The maximum Gasteiger partial charge on any atom is 0.318 e. The van der Waals surface area contributed by atoms with Gasteiger partial charge in [0.25, 0.3) is 0 Å². The summed E-state index contributed by atoms with van der Waals surface area (Å²) in [6.07, 6.45) is -1.49. The quantitative estimate of drug-likeness (QED) is 0.575. The number of aliphatic hydroxyl groups is 1. The van der Waals surface area contributed by atoms with E-state index in [0.29, 0.717) is 0 Å². The van der Waals surface area contributed by atoms with Crippen molar-refractivity contribution < 1.29 is 33.5 Å². The number of ether oxygens (including phenoxy) is 6. The van der Waals surface area contributed by atoms with Crippen LogP contribution in [0.4, 0.5) is 0 Å². The van der Waals surface area contributed by atoms with Crippen molar-refractivity contribution in [3.63, 3.8) is 0 Å². The van der Waals surface area contributed by atoms with E-state index in [9.17, 15) is 5.11 Å². The van der Waals surface area contributed by atoms with Crippen LogP contribution in [0.5, 0.6) is 0 Å². The van der Waals surface area contributed by atoms with Crippen molar-refractivity contribution in [2.75, 3.05) is 42.7 Å². The molecule has 0 aromatic rings. The van der Waals surface area contributed by atoms with E-state index in [1.165, 1.54) is 42.7 Å². The van der Waals surface area contributed by atoms with Crippen LogP contribution >= 0.6 is 0 Å². The average Bonchev–Trinajstić information content (AvgIpc) is 2.35. The Morgan fingerprint density at radius 1 is 0.625 bits per heavy atom. The minimum Gasteiger partial charge on any atom is -0.378 e. The number of methoxy groups -OCH3 is 6. The van der Waals surface area contributed by atoms with Gasteiger partial charge in [-0.2, -0.15) is 0 Å². The van der Waals surface area contributed by atoms with E-state index in [-0.39, 0.29) is 0 Å². The molecule has 0 bridgehead atoms. The Morgan fingerprint density at radius 3 is 0.938 bits per heavy atom. The smallest absolute Gasteiger partial charge is 0.318 e. The SMILES string of the molecule is COC(OC)(OC)C(O)C(OC)(OC)OC. The van der Waals surface area contributed by atoms with Gasteiger partial charge in [-0.05, 0) is 0 Å². The third-order valence-corrected chi connectivity index (χ3v) is 2.38. The molecule has 0 rings (SSSR count). The third kappa shape index (κ3) is 2.51. The van der Waals surface area contributed by atoms with Gasteiger partial charge in [0.05, 0.1) is 0 Å². The number of hydrogen-bond donors (Lipinski definition) is 1. The van der Waals surface area contributed by atoms with Gasteiger partial charge in [0.15, 0.2) is 0 Å². The lowest BCUT2D eigenvalue weighted by molar-refractivity contribution is -0.477. The molecule has 1 N–H and O–H groups in total. The first kappa shape index (κ1) is 15.7. The Labute approximate surface area is 95.1 Å². The summed E-state index contributed by atoms with van der Waals surface area (Å²) in [5.74, 6) is -3.50. The molecule has 0 amide bonds. The average molecular weight is 240 g/mol. The van der Waals surface area contributed by atoms with Gasteiger partial charge in [0, 0.05) is 42.7 Å². The first-order valence-corrected chi connectivity index (χ1v) is 4.51. The lowest BCUT2D eigenvalue weighted by Crippen LogP contribution is -2.62. The Balaban J connectivity index is 5.16. The molecule has 0 aromatic heterocycles. The molecule has 0 unspecified atom stereocenters. The molecule has 0 saturated carbocycles. The topological polar surface area (TPSA) is 75.6 Å². The monoisotopic (exact) mass is 240 g/mol. The minimum atomic E-state index is -1.75. The lowest BCUT2D eigenvalue weighted by Gasteiger charge is -2.41. The molecule has 0 atom stereocenters. The maximum atomic E-state index is 10.1. The minimum absolute atomic E-state index is 1.31. The van der Waals surface area contributed by atoms with Crippen LogP contribution in [-0.4, -0.2) is 65.8 Å². The van der Waals surface area contributed by atoms with Crippen LogP contribution in [0, 0.1) is 0 Å². The predicted molar refractivity (Wildman–Crippen MR) is 53.5 cm³/mol. The summed E-state index contributed by atoms with van der Waals surface area (Å²) in [5, 5.41) is 10.1. The van der Waals surface area contributed by atoms with Gasteiger partial charge in [-0.25, -0.2) is 0 Å².